The Morgan fingerprint density at radius 3 is 2.50 bits per heavy atom. The van der Waals surface area contributed by atoms with Gasteiger partial charge in [0, 0.05) is 6.07 Å². The molecule has 114 valence electrons. The van der Waals surface area contributed by atoms with Gasteiger partial charge in [0.2, 0.25) is 0 Å². The van der Waals surface area contributed by atoms with E-state index in [4.69, 9.17) is 9.47 Å². The second-order valence-corrected chi connectivity index (χ2v) is 4.75. The molecule has 0 fully saturated rings. The highest BCUT2D eigenvalue weighted by molar-refractivity contribution is 5.77. The summed E-state index contributed by atoms with van der Waals surface area (Å²) in [5.41, 5.74) is 0.870. The van der Waals surface area contributed by atoms with Gasteiger partial charge in [-0.2, -0.15) is 0 Å². The van der Waals surface area contributed by atoms with Gasteiger partial charge in [-0.15, -0.1) is 0 Å². The molecule has 2 aromatic rings. The first-order valence-corrected chi connectivity index (χ1v) is 6.65. The van der Waals surface area contributed by atoms with Crippen molar-refractivity contribution in [3.63, 3.8) is 0 Å². The third-order valence-corrected chi connectivity index (χ3v) is 2.88. The number of aryl methyl sites for hydroxylation is 1. The average molecular weight is 301 g/mol. The normalized spacial score (nSPS) is 11.5. The zero-order valence-corrected chi connectivity index (χ0v) is 12.2. The first kappa shape index (κ1) is 15.5. The molecule has 6 heteroatoms. The number of benzene rings is 2. The van der Waals surface area contributed by atoms with Gasteiger partial charge in [0.15, 0.2) is 6.10 Å². The molecular formula is C16H15NO5. The molecule has 0 heterocycles. The Kier molecular flexibility index (Phi) is 4.73. The molecular weight excluding hydrogens is 286 g/mol. The Bertz CT molecular complexity index is 698. The van der Waals surface area contributed by atoms with Crippen LogP contribution in [0.15, 0.2) is 48.5 Å². The summed E-state index contributed by atoms with van der Waals surface area (Å²) in [6.45, 7) is 3.47. The van der Waals surface area contributed by atoms with Gasteiger partial charge < -0.3 is 9.47 Å². The maximum Gasteiger partial charge on any atom is 0.352 e. The SMILES string of the molecule is Cc1cccc(O[C@@H](C)C(=O)Oc2cccc([N+](=O)[O-])c2)c1. The second kappa shape index (κ2) is 6.71. The number of nitro benzene ring substituents is 1. The van der Waals surface area contributed by atoms with Crippen molar-refractivity contribution in [3.8, 4) is 11.5 Å². The van der Waals surface area contributed by atoms with E-state index in [0.29, 0.717) is 5.75 Å². The maximum atomic E-state index is 12.0. The van der Waals surface area contributed by atoms with Crippen molar-refractivity contribution in [1.29, 1.82) is 0 Å². The molecule has 1 atom stereocenters. The highest BCUT2D eigenvalue weighted by atomic mass is 16.6. The van der Waals surface area contributed by atoms with Crippen molar-refractivity contribution >= 4 is 11.7 Å². The van der Waals surface area contributed by atoms with Crippen LogP contribution in [-0.2, 0) is 4.79 Å². The van der Waals surface area contributed by atoms with E-state index >= 15 is 0 Å². The number of nitrogens with zero attached hydrogens (tertiary/aromatic N) is 1. The molecule has 2 rings (SSSR count). The number of nitro groups is 1. The minimum atomic E-state index is -0.832. The van der Waals surface area contributed by atoms with Gasteiger partial charge in [-0.1, -0.05) is 18.2 Å². The number of hydrogen-bond donors (Lipinski definition) is 0. The summed E-state index contributed by atoms with van der Waals surface area (Å²) in [6, 6.07) is 12.7. The van der Waals surface area contributed by atoms with Gasteiger partial charge in [-0.25, -0.2) is 4.79 Å². The van der Waals surface area contributed by atoms with E-state index in [-0.39, 0.29) is 11.4 Å². The van der Waals surface area contributed by atoms with Crippen LogP contribution in [0.3, 0.4) is 0 Å². The summed E-state index contributed by atoms with van der Waals surface area (Å²) >= 11 is 0. The van der Waals surface area contributed by atoms with Gasteiger partial charge in [0.25, 0.3) is 5.69 Å². The zero-order valence-electron chi connectivity index (χ0n) is 12.2. The maximum absolute atomic E-state index is 12.0. The van der Waals surface area contributed by atoms with E-state index in [9.17, 15) is 14.9 Å². The van der Waals surface area contributed by atoms with Crippen LogP contribution >= 0.6 is 0 Å². The van der Waals surface area contributed by atoms with Crippen molar-refractivity contribution in [2.45, 2.75) is 20.0 Å². The number of esters is 1. The summed E-state index contributed by atoms with van der Waals surface area (Å²) in [5, 5.41) is 10.7. The van der Waals surface area contributed by atoms with Crippen LogP contribution in [0.25, 0.3) is 0 Å². The molecule has 0 bridgehead atoms. The monoisotopic (exact) mass is 301 g/mol. The molecule has 0 saturated heterocycles. The summed E-state index contributed by atoms with van der Waals surface area (Å²) in [6.07, 6.45) is -0.832. The van der Waals surface area contributed by atoms with E-state index in [0.717, 1.165) is 5.56 Å². The first-order chi connectivity index (χ1) is 10.5. The highest BCUT2D eigenvalue weighted by Crippen LogP contribution is 2.20. The lowest BCUT2D eigenvalue weighted by Gasteiger charge is -2.14. The molecule has 0 amide bonds. The topological polar surface area (TPSA) is 78.7 Å². The highest BCUT2D eigenvalue weighted by Gasteiger charge is 2.18. The Hall–Kier alpha value is -2.89. The number of hydrogen-bond acceptors (Lipinski definition) is 5. The Morgan fingerprint density at radius 2 is 1.82 bits per heavy atom. The third-order valence-electron chi connectivity index (χ3n) is 2.88. The van der Waals surface area contributed by atoms with E-state index in [1.807, 2.05) is 19.1 Å². The lowest BCUT2D eigenvalue weighted by Crippen LogP contribution is -2.28. The molecule has 0 spiro atoms. The molecule has 0 aliphatic carbocycles. The number of rotatable bonds is 5. The molecule has 0 aliphatic heterocycles. The van der Waals surface area contributed by atoms with E-state index in [1.54, 1.807) is 19.1 Å². The summed E-state index contributed by atoms with van der Waals surface area (Å²) < 4.78 is 10.6. The summed E-state index contributed by atoms with van der Waals surface area (Å²) in [5.74, 6) is 0.0457. The van der Waals surface area contributed by atoms with Crippen LogP contribution in [0.1, 0.15) is 12.5 Å². The van der Waals surface area contributed by atoms with E-state index < -0.39 is 17.0 Å². The predicted octanol–water partition coefficient (Wildman–Crippen LogP) is 3.28. The van der Waals surface area contributed by atoms with E-state index in [2.05, 4.69) is 0 Å². The fourth-order valence-electron chi connectivity index (χ4n) is 1.80. The molecule has 0 aliphatic rings. The van der Waals surface area contributed by atoms with Gasteiger partial charge in [0.1, 0.15) is 11.5 Å². The van der Waals surface area contributed by atoms with Crippen LogP contribution < -0.4 is 9.47 Å². The molecule has 2 aromatic carbocycles. The van der Waals surface area contributed by atoms with Crippen LogP contribution in [0, 0.1) is 17.0 Å². The molecule has 0 saturated carbocycles. The van der Waals surface area contributed by atoms with Crippen molar-refractivity contribution in [2.75, 3.05) is 0 Å². The molecule has 0 radical (unpaired) electrons. The molecule has 0 aromatic heterocycles. The summed E-state index contributed by atoms with van der Waals surface area (Å²) in [4.78, 5) is 22.1. The second-order valence-electron chi connectivity index (χ2n) is 4.75. The molecule has 6 nitrogen and oxygen atoms in total. The lowest BCUT2D eigenvalue weighted by molar-refractivity contribution is -0.384. The Balaban J connectivity index is 2.02. The van der Waals surface area contributed by atoms with Gasteiger partial charge in [-0.05, 0) is 37.6 Å². The van der Waals surface area contributed by atoms with Crippen LogP contribution in [-0.4, -0.2) is 17.0 Å². The van der Waals surface area contributed by atoms with Gasteiger partial charge >= 0.3 is 5.97 Å². The molecule has 0 N–H and O–H groups in total. The average Bonchev–Trinajstić information content (AvgIpc) is 2.47. The fourth-order valence-corrected chi connectivity index (χ4v) is 1.80. The van der Waals surface area contributed by atoms with Crippen molar-refractivity contribution < 1.29 is 19.2 Å². The minimum Gasteiger partial charge on any atom is -0.479 e. The standard InChI is InChI=1S/C16H15NO5/c1-11-5-3-7-14(9-11)21-12(2)16(18)22-15-8-4-6-13(10-15)17(19)20/h3-10,12H,1-2H3/t12-/m0/s1. The van der Waals surface area contributed by atoms with Crippen molar-refractivity contribution in [3.05, 3.63) is 64.2 Å². The Labute approximate surface area is 127 Å². The minimum absolute atomic E-state index is 0.110. The number of carbonyl (C=O) groups excluding carboxylic acids is 1. The number of ether oxygens (including phenoxy) is 2. The van der Waals surface area contributed by atoms with E-state index in [1.165, 1.54) is 24.3 Å². The number of non-ortho nitro benzene ring substituents is 1. The quantitative estimate of drug-likeness (QED) is 0.366. The van der Waals surface area contributed by atoms with Crippen LogP contribution in [0.5, 0.6) is 11.5 Å². The molecule has 22 heavy (non-hydrogen) atoms. The zero-order chi connectivity index (χ0) is 16.1. The van der Waals surface area contributed by atoms with Gasteiger partial charge in [0.05, 0.1) is 11.0 Å². The Morgan fingerprint density at radius 1 is 1.14 bits per heavy atom. The van der Waals surface area contributed by atoms with Crippen molar-refractivity contribution in [2.24, 2.45) is 0 Å². The summed E-state index contributed by atoms with van der Waals surface area (Å²) in [7, 11) is 0. The van der Waals surface area contributed by atoms with Gasteiger partial charge in [-0.3, -0.25) is 10.1 Å². The van der Waals surface area contributed by atoms with Crippen LogP contribution in [0.4, 0.5) is 5.69 Å². The molecule has 0 unspecified atom stereocenters. The fraction of sp³-hybridized carbons (Fsp3) is 0.188. The lowest BCUT2D eigenvalue weighted by atomic mass is 10.2. The smallest absolute Gasteiger partial charge is 0.352 e. The van der Waals surface area contributed by atoms with Crippen LogP contribution in [0.2, 0.25) is 0 Å². The largest absolute Gasteiger partial charge is 0.479 e. The van der Waals surface area contributed by atoms with Crippen molar-refractivity contribution in [1.82, 2.24) is 0 Å². The predicted molar refractivity (Wildman–Crippen MR) is 80.0 cm³/mol. The third kappa shape index (κ3) is 4.05. The first-order valence-electron chi connectivity index (χ1n) is 6.65. The number of carbonyl (C=O) groups is 1.